The van der Waals surface area contributed by atoms with Crippen LogP contribution in [0.25, 0.3) is 0 Å². The van der Waals surface area contributed by atoms with Gasteiger partial charge in [0.2, 0.25) is 0 Å². The number of benzene rings is 1. The molecular formula is C9H10Br2O. The second-order valence-corrected chi connectivity index (χ2v) is 4.19. The van der Waals surface area contributed by atoms with Gasteiger partial charge in [-0.1, -0.05) is 22.9 Å². The Labute approximate surface area is 89.4 Å². The quantitative estimate of drug-likeness (QED) is 0.818. The van der Waals surface area contributed by atoms with Gasteiger partial charge < -0.3 is 4.74 Å². The van der Waals surface area contributed by atoms with Crippen LogP contribution in [0.3, 0.4) is 0 Å². The summed E-state index contributed by atoms with van der Waals surface area (Å²) in [6, 6.07) is 5.89. The Balaban J connectivity index is 2.72. The summed E-state index contributed by atoms with van der Waals surface area (Å²) in [5.41, 5.74) is 0. The molecule has 0 heterocycles. The molecule has 0 aliphatic rings. The number of hydrogen-bond donors (Lipinski definition) is 0. The smallest absolute Gasteiger partial charge is 0.133 e. The lowest BCUT2D eigenvalue weighted by atomic mass is 10.3. The first-order valence-electron chi connectivity index (χ1n) is 3.82. The summed E-state index contributed by atoms with van der Waals surface area (Å²) < 4.78 is 7.52. The summed E-state index contributed by atoms with van der Waals surface area (Å²) in [5.74, 6) is 0.903. The molecule has 66 valence electrons. The number of halogens is 2. The maximum absolute atomic E-state index is 5.47. The van der Waals surface area contributed by atoms with E-state index in [0.717, 1.165) is 27.7 Å². The highest BCUT2D eigenvalue weighted by Gasteiger charge is 1.99. The van der Waals surface area contributed by atoms with E-state index in [-0.39, 0.29) is 0 Å². The molecular weight excluding hydrogens is 284 g/mol. The Hall–Kier alpha value is -0.0200. The molecule has 3 heteroatoms. The molecule has 1 rings (SSSR count). The molecule has 0 amide bonds. The van der Waals surface area contributed by atoms with Crippen molar-refractivity contribution in [1.82, 2.24) is 0 Å². The van der Waals surface area contributed by atoms with Gasteiger partial charge >= 0.3 is 0 Å². The highest BCUT2D eigenvalue weighted by molar-refractivity contribution is 9.11. The highest BCUT2D eigenvalue weighted by atomic mass is 79.9. The van der Waals surface area contributed by atoms with E-state index in [0.29, 0.717) is 0 Å². The van der Waals surface area contributed by atoms with Crippen LogP contribution in [0.1, 0.15) is 13.3 Å². The zero-order chi connectivity index (χ0) is 8.97. The predicted molar refractivity (Wildman–Crippen MR) is 57.6 cm³/mol. The molecule has 0 fully saturated rings. The Morgan fingerprint density at radius 3 is 2.67 bits per heavy atom. The van der Waals surface area contributed by atoms with Crippen LogP contribution in [0.5, 0.6) is 5.75 Å². The molecule has 12 heavy (non-hydrogen) atoms. The summed E-state index contributed by atoms with van der Waals surface area (Å²) in [6.45, 7) is 2.85. The lowest BCUT2D eigenvalue weighted by Crippen LogP contribution is -1.95. The minimum absolute atomic E-state index is 0.764. The van der Waals surface area contributed by atoms with Crippen LogP contribution in [0.4, 0.5) is 0 Å². The standard InChI is InChI=1S/C9H10Br2O/c1-2-5-12-9-4-3-7(10)6-8(9)11/h3-4,6H,2,5H2,1H3. The van der Waals surface area contributed by atoms with Gasteiger partial charge in [-0.15, -0.1) is 0 Å². The molecule has 0 N–H and O–H groups in total. The van der Waals surface area contributed by atoms with Crippen molar-refractivity contribution >= 4 is 31.9 Å². The largest absolute Gasteiger partial charge is 0.492 e. The topological polar surface area (TPSA) is 9.23 Å². The third kappa shape index (κ3) is 2.79. The van der Waals surface area contributed by atoms with E-state index in [1.165, 1.54) is 0 Å². The van der Waals surface area contributed by atoms with Crippen molar-refractivity contribution in [2.24, 2.45) is 0 Å². The fourth-order valence-electron chi connectivity index (χ4n) is 0.804. The van der Waals surface area contributed by atoms with Gasteiger partial charge in [0.25, 0.3) is 0 Å². The number of ether oxygens (including phenoxy) is 1. The van der Waals surface area contributed by atoms with Crippen molar-refractivity contribution in [1.29, 1.82) is 0 Å². The average molecular weight is 294 g/mol. The Morgan fingerprint density at radius 1 is 1.33 bits per heavy atom. The van der Waals surface area contributed by atoms with Crippen LogP contribution in [-0.4, -0.2) is 6.61 Å². The van der Waals surface area contributed by atoms with Crippen molar-refractivity contribution in [2.45, 2.75) is 13.3 Å². The molecule has 0 spiro atoms. The van der Waals surface area contributed by atoms with Gasteiger partial charge in [-0.25, -0.2) is 0 Å². The van der Waals surface area contributed by atoms with Gasteiger partial charge in [0, 0.05) is 4.47 Å². The summed E-state index contributed by atoms with van der Waals surface area (Å²) in [6.07, 6.45) is 1.03. The van der Waals surface area contributed by atoms with Crippen molar-refractivity contribution in [3.05, 3.63) is 27.1 Å². The summed E-state index contributed by atoms with van der Waals surface area (Å²) in [7, 11) is 0. The molecule has 0 aliphatic heterocycles. The summed E-state index contributed by atoms with van der Waals surface area (Å²) in [5, 5.41) is 0. The monoisotopic (exact) mass is 292 g/mol. The van der Waals surface area contributed by atoms with E-state index in [4.69, 9.17) is 4.74 Å². The Kier molecular flexibility index (Phi) is 4.09. The Morgan fingerprint density at radius 2 is 2.08 bits per heavy atom. The minimum atomic E-state index is 0.764. The Bertz CT molecular complexity index is 261. The van der Waals surface area contributed by atoms with Crippen molar-refractivity contribution in [3.8, 4) is 5.75 Å². The maximum atomic E-state index is 5.47. The molecule has 0 bridgehead atoms. The SMILES string of the molecule is CCCOc1ccc(Br)cc1Br. The maximum Gasteiger partial charge on any atom is 0.133 e. The molecule has 0 saturated heterocycles. The van der Waals surface area contributed by atoms with Gasteiger partial charge in [-0.2, -0.15) is 0 Å². The normalized spacial score (nSPS) is 9.92. The van der Waals surface area contributed by atoms with Crippen LogP contribution < -0.4 is 4.74 Å². The zero-order valence-corrected chi connectivity index (χ0v) is 9.98. The first-order chi connectivity index (χ1) is 5.74. The summed E-state index contributed by atoms with van der Waals surface area (Å²) in [4.78, 5) is 0. The molecule has 0 radical (unpaired) electrons. The zero-order valence-electron chi connectivity index (χ0n) is 6.81. The van der Waals surface area contributed by atoms with Gasteiger partial charge in [0.05, 0.1) is 11.1 Å². The molecule has 0 unspecified atom stereocenters. The van der Waals surface area contributed by atoms with Crippen molar-refractivity contribution < 1.29 is 4.74 Å². The van der Waals surface area contributed by atoms with Crippen molar-refractivity contribution in [3.63, 3.8) is 0 Å². The van der Waals surface area contributed by atoms with E-state index in [2.05, 4.69) is 38.8 Å². The fourth-order valence-corrected chi connectivity index (χ4v) is 1.97. The molecule has 0 saturated carbocycles. The van der Waals surface area contributed by atoms with Crippen LogP contribution in [0.15, 0.2) is 27.1 Å². The molecule has 0 aromatic heterocycles. The van der Waals surface area contributed by atoms with Gasteiger partial charge in [0.1, 0.15) is 5.75 Å². The van der Waals surface area contributed by atoms with Crippen LogP contribution in [0, 0.1) is 0 Å². The third-order valence-electron chi connectivity index (χ3n) is 1.36. The van der Waals surface area contributed by atoms with E-state index < -0.39 is 0 Å². The number of hydrogen-bond acceptors (Lipinski definition) is 1. The van der Waals surface area contributed by atoms with Gasteiger partial charge in [-0.05, 0) is 40.5 Å². The molecule has 0 aliphatic carbocycles. The lowest BCUT2D eigenvalue weighted by Gasteiger charge is -2.06. The molecule has 1 aromatic rings. The average Bonchev–Trinajstić information content (AvgIpc) is 2.03. The molecule has 1 aromatic carbocycles. The molecule has 1 nitrogen and oxygen atoms in total. The van der Waals surface area contributed by atoms with Gasteiger partial charge in [-0.3, -0.25) is 0 Å². The van der Waals surface area contributed by atoms with E-state index in [1.54, 1.807) is 0 Å². The van der Waals surface area contributed by atoms with Crippen LogP contribution in [0.2, 0.25) is 0 Å². The second-order valence-electron chi connectivity index (χ2n) is 2.42. The van der Waals surface area contributed by atoms with Crippen molar-refractivity contribution in [2.75, 3.05) is 6.61 Å². The predicted octanol–water partition coefficient (Wildman–Crippen LogP) is 4.00. The van der Waals surface area contributed by atoms with E-state index in [9.17, 15) is 0 Å². The minimum Gasteiger partial charge on any atom is -0.492 e. The molecule has 0 atom stereocenters. The number of rotatable bonds is 3. The lowest BCUT2D eigenvalue weighted by molar-refractivity contribution is 0.315. The van der Waals surface area contributed by atoms with Gasteiger partial charge in [0.15, 0.2) is 0 Å². The van der Waals surface area contributed by atoms with E-state index in [1.807, 2.05) is 18.2 Å². The first-order valence-corrected chi connectivity index (χ1v) is 5.40. The fraction of sp³-hybridized carbons (Fsp3) is 0.333. The third-order valence-corrected chi connectivity index (χ3v) is 2.47. The van der Waals surface area contributed by atoms with Crippen LogP contribution >= 0.6 is 31.9 Å². The highest BCUT2D eigenvalue weighted by Crippen LogP contribution is 2.28. The second kappa shape index (κ2) is 4.87. The summed E-state index contributed by atoms with van der Waals surface area (Å²) >= 11 is 6.80. The van der Waals surface area contributed by atoms with Crippen LogP contribution in [-0.2, 0) is 0 Å². The first kappa shape index (κ1) is 10.1. The van der Waals surface area contributed by atoms with E-state index >= 15 is 0 Å².